The smallest absolute Gasteiger partial charge is 0.259 e. The molecule has 126 valence electrons. The van der Waals surface area contributed by atoms with Crippen LogP contribution in [0.4, 0.5) is 0 Å². The predicted octanol–water partition coefficient (Wildman–Crippen LogP) is 2.52. The normalized spacial score (nSPS) is 11.2. The molecule has 0 spiro atoms. The number of carbonyl (C=O) groups excluding carboxylic acids is 1. The summed E-state index contributed by atoms with van der Waals surface area (Å²) >= 11 is 0. The number of aliphatic hydroxyl groups is 1. The van der Waals surface area contributed by atoms with Crippen LogP contribution in [0.15, 0.2) is 21.1 Å². The summed E-state index contributed by atoms with van der Waals surface area (Å²) in [4.78, 5) is 17.0. The van der Waals surface area contributed by atoms with Crippen molar-refractivity contribution in [1.29, 1.82) is 0 Å². The van der Waals surface area contributed by atoms with E-state index >= 15 is 0 Å². The van der Waals surface area contributed by atoms with Crippen molar-refractivity contribution < 1.29 is 18.8 Å². The zero-order valence-corrected chi connectivity index (χ0v) is 13.8. The van der Waals surface area contributed by atoms with Crippen LogP contribution < -0.4 is 5.32 Å². The minimum absolute atomic E-state index is 0.0249. The molecule has 7 nitrogen and oxygen atoms in total. The highest BCUT2D eigenvalue weighted by molar-refractivity contribution is 6.07. The molecule has 0 fully saturated rings. The van der Waals surface area contributed by atoms with Crippen LogP contribution in [0.2, 0.25) is 0 Å². The topological polar surface area (TPSA) is 101 Å². The maximum absolute atomic E-state index is 12.5. The lowest BCUT2D eigenvalue weighted by atomic mass is 10.1. The maximum atomic E-state index is 12.5. The molecule has 0 aliphatic rings. The average Bonchev–Trinajstić information content (AvgIpc) is 3.09. The Kier molecular flexibility index (Phi) is 4.35. The molecule has 0 unspecified atom stereocenters. The second-order valence-corrected chi connectivity index (χ2v) is 5.66. The SMILES string of the molecule is Cc1cc(-c2cc(C(=O)NCCCO)c3c(C)noc3n2)c(C)o1. The zero-order valence-electron chi connectivity index (χ0n) is 13.8. The van der Waals surface area contributed by atoms with Gasteiger partial charge in [0.15, 0.2) is 0 Å². The third-order valence-electron chi connectivity index (χ3n) is 3.80. The molecule has 0 aliphatic heterocycles. The van der Waals surface area contributed by atoms with Crippen molar-refractivity contribution in [3.8, 4) is 11.3 Å². The maximum Gasteiger partial charge on any atom is 0.259 e. The Morgan fingerprint density at radius 2 is 2.08 bits per heavy atom. The van der Waals surface area contributed by atoms with E-state index in [1.54, 1.807) is 13.0 Å². The average molecular weight is 329 g/mol. The van der Waals surface area contributed by atoms with Crippen LogP contribution in [0.5, 0.6) is 0 Å². The first-order chi connectivity index (χ1) is 11.5. The molecule has 3 aromatic heterocycles. The highest BCUT2D eigenvalue weighted by atomic mass is 16.5. The summed E-state index contributed by atoms with van der Waals surface area (Å²) in [5.41, 5.74) is 2.78. The number of hydrogen-bond acceptors (Lipinski definition) is 6. The van der Waals surface area contributed by atoms with Gasteiger partial charge in [0, 0.05) is 18.7 Å². The van der Waals surface area contributed by atoms with E-state index in [-0.39, 0.29) is 12.5 Å². The third kappa shape index (κ3) is 2.90. The monoisotopic (exact) mass is 329 g/mol. The van der Waals surface area contributed by atoms with Gasteiger partial charge in [-0.3, -0.25) is 4.79 Å². The number of pyridine rings is 1. The van der Waals surface area contributed by atoms with Gasteiger partial charge in [0.2, 0.25) is 0 Å². The van der Waals surface area contributed by atoms with Crippen molar-refractivity contribution in [3.05, 3.63) is 34.9 Å². The Bertz CT molecular complexity index is 895. The van der Waals surface area contributed by atoms with Crippen molar-refractivity contribution in [2.75, 3.05) is 13.2 Å². The number of carbonyl (C=O) groups is 1. The fourth-order valence-corrected chi connectivity index (χ4v) is 2.67. The number of hydrogen-bond donors (Lipinski definition) is 2. The molecule has 0 saturated carbocycles. The van der Waals surface area contributed by atoms with Gasteiger partial charge < -0.3 is 19.4 Å². The Hall–Kier alpha value is -2.67. The van der Waals surface area contributed by atoms with Crippen LogP contribution in [-0.2, 0) is 0 Å². The molecule has 0 aliphatic carbocycles. The van der Waals surface area contributed by atoms with E-state index in [0.29, 0.717) is 41.0 Å². The summed E-state index contributed by atoms with van der Waals surface area (Å²) in [5.74, 6) is 1.25. The van der Waals surface area contributed by atoms with E-state index in [1.165, 1.54) is 0 Å². The lowest BCUT2D eigenvalue weighted by Crippen LogP contribution is -2.25. The molecule has 0 aromatic carbocycles. The van der Waals surface area contributed by atoms with Gasteiger partial charge in [-0.1, -0.05) is 5.16 Å². The second-order valence-electron chi connectivity index (χ2n) is 5.66. The van der Waals surface area contributed by atoms with Crippen LogP contribution in [0.25, 0.3) is 22.4 Å². The highest BCUT2D eigenvalue weighted by Gasteiger charge is 2.20. The van der Waals surface area contributed by atoms with E-state index in [9.17, 15) is 4.79 Å². The summed E-state index contributed by atoms with van der Waals surface area (Å²) in [7, 11) is 0. The van der Waals surface area contributed by atoms with Crippen molar-refractivity contribution >= 4 is 17.0 Å². The Morgan fingerprint density at radius 1 is 1.29 bits per heavy atom. The lowest BCUT2D eigenvalue weighted by molar-refractivity contribution is 0.0952. The molecular weight excluding hydrogens is 310 g/mol. The van der Waals surface area contributed by atoms with Crippen molar-refractivity contribution in [2.45, 2.75) is 27.2 Å². The number of fused-ring (bicyclic) bond motifs is 1. The number of nitrogens with zero attached hydrogens (tertiary/aromatic N) is 2. The molecule has 0 radical (unpaired) electrons. The van der Waals surface area contributed by atoms with E-state index in [0.717, 1.165) is 17.1 Å². The Labute approximate surface area is 138 Å². The Balaban J connectivity index is 2.10. The molecule has 1 amide bonds. The van der Waals surface area contributed by atoms with Crippen molar-refractivity contribution in [3.63, 3.8) is 0 Å². The molecule has 3 heterocycles. The van der Waals surface area contributed by atoms with Crippen molar-refractivity contribution in [1.82, 2.24) is 15.5 Å². The van der Waals surface area contributed by atoms with Gasteiger partial charge in [0.05, 0.1) is 22.3 Å². The Morgan fingerprint density at radius 3 is 2.75 bits per heavy atom. The predicted molar refractivity (Wildman–Crippen MR) is 87.8 cm³/mol. The van der Waals surface area contributed by atoms with Crippen LogP contribution >= 0.6 is 0 Å². The van der Waals surface area contributed by atoms with E-state index in [4.69, 9.17) is 14.0 Å². The molecule has 2 N–H and O–H groups in total. The summed E-state index contributed by atoms with van der Waals surface area (Å²) < 4.78 is 10.8. The minimum atomic E-state index is -0.249. The summed E-state index contributed by atoms with van der Waals surface area (Å²) in [6.45, 7) is 5.89. The van der Waals surface area contributed by atoms with Crippen LogP contribution in [0.3, 0.4) is 0 Å². The van der Waals surface area contributed by atoms with E-state index in [1.807, 2.05) is 19.9 Å². The fraction of sp³-hybridized carbons (Fsp3) is 0.353. The van der Waals surface area contributed by atoms with Gasteiger partial charge in [-0.25, -0.2) is 4.98 Å². The van der Waals surface area contributed by atoms with Crippen LogP contribution in [-0.4, -0.2) is 34.3 Å². The molecule has 24 heavy (non-hydrogen) atoms. The number of amides is 1. The molecule has 3 aromatic rings. The lowest BCUT2D eigenvalue weighted by Gasteiger charge is -2.07. The zero-order chi connectivity index (χ0) is 17.3. The summed E-state index contributed by atoms with van der Waals surface area (Å²) in [6, 6.07) is 3.60. The summed E-state index contributed by atoms with van der Waals surface area (Å²) in [5, 5.41) is 16.2. The number of rotatable bonds is 5. The van der Waals surface area contributed by atoms with Gasteiger partial charge >= 0.3 is 0 Å². The summed E-state index contributed by atoms with van der Waals surface area (Å²) in [6.07, 6.45) is 0.496. The first-order valence-electron chi connectivity index (χ1n) is 7.74. The number of aliphatic hydroxyl groups excluding tert-OH is 1. The molecule has 3 rings (SSSR count). The number of aryl methyl sites for hydroxylation is 3. The van der Waals surface area contributed by atoms with Gasteiger partial charge in [-0.2, -0.15) is 0 Å². The molecular formula is C17H19N3O4. The largest absolute Gasteiger partial charge is 0.466 e. The quantitative estimate of drug-likeness (QED) is 0.698. The van der Waals surface area contributed by atoms with Crippen LogP contribution in [0, 0.1) is 20.8 Å². The number of furan rings is 1. The van der Waals surface area contributed by atoms with Gasteiger partial charge in [0.25, 0.3) is 11.6 Å². The minimum Gasteiger partial charge on any atom is -0.466 e. The first-order valence-corrected chi connectivity index (χ1v) is 7.74. The second kappa shape index (κ2) is 6.45. The molecule has 7 heteroatoms. The molecule has 0 atom stereocenters. The number of aromatic nitrogens is 2. The van der Waals surface area contributed by atoms with Gasteiger partial charge in [-0.05, 0) is 39.3 Å². The van der Waals surface area contributed by atoms with E-state index in [2.05, 4.69) is 15.5 Å². The molecule has 0 bridgehead atoms. The fourth-order valence-electron chi connectivity index (χ4n) is 2.67. The van der Waals surface area contributed by atoms with Crippen molar-refractivity contribution in [2.24, 2.45) is 0 Å². The van der Waals surface area contributed by atoms with Crippen LogP contribution in [0.1, 0.15) is 34.0 Å². The number of nitrogens with one attached hydrogen (secondary N) is 1. The molecule has 0 saturated heterocycles. The standard InChI is InChI=1S/C17H19N3O4/c1-9-7-12(11(3)23-9)14-8-13(16(22)18-5-4-6-21)15-10(2)20-24-17(15)19-14/h7-8,21H,4-6H2,1-3H3,(H,18,22). The van der Waals surface area contributed by atoms with Gasteiger partial charge in [-0.15, -0.1) is 0 Å². The first kappa shape index (κ1) is 16.2. The highest BCUT2D eigenvalue weighted by Crippen LogP contribution is 2.30. The third-order valence-corrected chi connectivity index (χ3v) is 3.80. The van der Waals surface area contributed by atoms with E-state index < -0.39 is 0 Å². The van der Waals surface area contributed by atoms with Gasteiger partial charge in [0.1, 0.15) is 11.5 Å².